The highest BCUT2D eigenvalue weighted by atomic mass is 32.1. The van der Waals surface area contributed by atoms with Gasteiger partial charge in [0.05, 0.1) is 18.7 Å². The summed E-state index contributed by atoms with van der Waals surface area (Å²) < 4.78 is 19.0. The molecule has 7 heteroatoms. The summed E-state index contributed by atoms with van der Waals surface area (Å²) in [5.74, 6) is -0.277. The molecule has 0 saturated carbocycles. The maximum atomic E-state index is 13.7. The van der Waals surface area contributed by atoms with Crippen LogP contribution >= 0.6 is 12.2 Å². The van der Waals surface area contributed by atoms with Crippen molar-refractivity contribution in [2.75, 3.05) is 17.7 Å². The molecule has 0 radical (unpaired) electrons. The van der Waals surface area contributed by atoms with E-state index in [1.807, 2.05) is 31.2 Å². The van der Waals surface area contributed by atoms with Crippen LogP contribution in [0, 0.1) is 5.82 Å². The summed E-state index contributed by atoms with van der Waals surface area (Å²) in [5, 5.41) is 9.48. The number of hydrogen-bond donors (Lipinski definition) is 3. The molecule has 1 unspecified atom stereocenters. The second-order valence-electron chi connectivity index (χ2n) is 6.61. The lowest BCUT2D eigenvalue weighted by atomic mass is 10.1. The van der Waals surface area contributed by atoms with Crippen molar-refractivity contribution in [1.82, 2.24) is 5.32 Å². The van der Waals surface area contributed by atoms with Crippen molar-refractivity contribution in [3.8, 4) is 5.75 Å². The summed E-state index contributed by atoms with van der Waals surface area (Å²) in [7, 11) is 1.63. The Balaban J connectivity index is 1.56. The van der Waals surface area contributed by atoms with E-state index < -0.39 is 11.7 Å². The zero-order valence-electron chi connectivity index (χ0n) is 16.6. The van der Waals surface area contributed by atoms with Gasteiger partial charge in [0.1, 0.15) is 11.6 Å². The molecule has 0 saturated heterocycles. The average molecular weight is 424 g/mol. The molecular formula is C23H22FN3O2S. The zero-order chi connectivity index (χ0) is 21.5. The highest BCUT2D eigenvalue weighted by molar-refractivity contribution is 7.80. The van der Waals surface area contributed by atoms with Crippen LogP contribution < -0.4 is 20.7 Å². The van der Waals surface area contributed by atoms with Crippen LogP contribution in [0.25, 0.3) is 0 Å². The summed E-state index contributed by atoms with van der Waals surface area (Å²) in [6, 6.07) is 20.6. The average Bonchev–Trinajstić information content (AvgIpc) is 2.75. The van der Waals surface area contributed by atoms with E-state index in [1.165, 1.54) is 12.1 Å². The molecule has 5 nitrogen and oxygen atoms in total. The van der Waals surface area contributed by atoms with Crippen LogP contribution in [0.2, 0.25) is 0 Å². The number of anilines is 2. The van der Waals surface area contributed by atoms with Crippen molar-refractivity contribution in [2.45, 2.75) is 13.0 Å². The monoisotopic (exact) mass is 423 g/mol. The van der Waals surface area contributed by atoms with Gasteiger partial charge >= 0.3 is 0 Å². The van der Waals surface area contributed by atoms with Crippen LogP contribution in [0.4, 0.5) is 15.8 Å². The van der Waals surface area contributed by atoms with E-state index in [0.717, 1.165) is 17.0 Å². The van der Waals surface area contributed by atoms with E-state index in [-0.39, 0.29) is 11.6 Å². The molecule has 0 aromatic heterocycles. The number of carbonyl (C=O) groups is 1. The highest BCUT2D eigenvalue weighted by Crippen LogP contribution is 2.19. The first-order chi connectivity index (χ1) is 14.5. The third kappa shape index (κ3) is 5.55. The fourth-order valence-electron chi connectivity index (χ4n) is 2.84. The van der Waals surface area contributed by atoms with Crippen molar-refractivity contribution in [1.29, 1.82) is 0 Å². The van der Waals surface area contributed by atoms with Gasteiger partial charge in [-0.3, -0.25) is 4.79 Å². The molecular weight excluding hydrogens is 401 g/mol. The SMILES string of the molecule is COc1cccc(C(C)NC(=S)Nc2ccc(NC(=O)c3ccccc3F)cc2)c1. The smallest absolute Gasteiger partial charge is 0.258 e. The van der Waals surface area contributed by atoms with Gasteiger partial charge < -0.3 is 20.7 Å². The Kier molecular flexibility index (Phi) is 6.98. The van der Waals surface area contributed by atoms with Gasteiger partial charge in [0.25, 0.3) is 5.91 Å². The number of nitrogens with one attached hydrogen (secondary N) is 3. The fourth-order valence-corrected chi connectivity index (χ4v) is 3.13. The van der Waals surface area contributed by atoms with Crippen LogP contribution in [0.5, 0.6) is 5.75 Å². The van der Waals surface area contributed by atoms with Gasteiger partial charge in [-0.1, -0.05) is 24.3 Å². The third-order valence-electron chi connectivity index (χ3n) is 4.46. The molecule has 0 aliphatic heterocycles. The molecule has 0 bridgehead atoms. The number of rotatable bonds is 6. The molecule has 3 aromatic carbocycles. The fraction of sp³-hybridized carbons (Fsp3) is 0.130. The van der Waals surface area contributed by atoms with Crippen LogP contribution in [-0.4, -0.2) is 18.1 Å². The van der Waals surface area contributed by atoms with E-state index >= 15 is 0 Å². The molecule has 0 aliphatic rings. The normalized spacial score (nSPS) is 11.3. The van der Waals surface area contributed by atoms with Crippen molar-refractivity contribution in [3.63, 3.8) is 0 Å². The maximum absolute atomic E-state index is 13.7. The van der Waals surface area contributed by atoms with Gasteiger partial charge in [-0.05, 0) is 73.2 Å². The van der Waals surface area contributed by atoms with Crippen molar-refractivity contribution >= 4 is 34.6 Å². The summed E-state index contributed by atoms with van der Waals surface area (Å²) in [6.07, 6.45) is 0. The van der Waals surface area contributed by atoms with Crippen LogP contribution in [0.1, 0.15) is 28.9 Å². The summed E-state index contributed by atoms with van der Waals surface area (Å²) in [5.41, 5.74) is 2.35. The van der Waals surface area contributed by atoms with Gasteiger partial charge in [0.15, 0.2) is 5.11 Å². The third-order valence-corrected chi connectivity index (χ3v) is 4.68. The largest absolute Gasteiger partial charge is 0.497 e. The van der Waals surface area contributed by atoms with Crippen molar-refractivity contribution < 1.29 is 13.9 Å². The minimum Gasteiger partial charge on any atom is -0.497 e. The molecule has 1 amide bonds. The molecule has 154 valence electrons. The number of methoxy groups -OCH3 is 1. The first kappa shape index (κ1) is 21.3. The van der Waals surface area contributed by atoms with Crippen LogP contribution in [-0.2, 0) is 0 Å². The number of amides is 1. The highest BCUT2D eigenvalue weighted by Gasteiger charge is 2.11. The Morgan fingerprint density at radius 3 is 2.30 bits per heavy atom. The van der Waals surface area contributed by atoms with E-state index in [4.69, 9.17) is 17.0 Å². The van der Waals surface area contributed by atoms with Crippen molar-refractivity contribution in [3.05, 3.63) is 89.7 Å². The Labute approximate surface area is 180 Å². The Morgan fingerprint density at radius 1 is 0.967 bits per heavy atom. The van der Waals surface area contributed by atoms with Gasteiger partial charge in [-0.25, -0.2) is 4.39 Å². The van der Waals surface area contributed by atoms with Crippen LogP contribution in [0.3, 0.4) is 0 Å². The van der Waals surface area contributed by atoms with Crippen molar-refractivity contribution in [2.24, 2.45) is 0 Å². The number of hydrogen-bond acceptors (Lipinski definition) is 3. The number of thiocarbonyl (C=S) groups is 1. The van der Waals surface area contributed by atoms with E-state index in [2.05, 4.69) is 16.0 Å². The maximum Gasteiger partial charge on any atom is 0.258 e. The first-order valence-electron chi connectivity index (χ1n) is 9.33. The quantitative estimate of drug-likeness (QED) is 0.480. The molecule has 3 N–H and O–H groups in total. The molecule has 0 aliphatic carbocycles. The van der Waals surface area contributed by atoms with Gasteiger partial charge in [0, 0.05) is 11.4 Å². The van der Waals surface area contributed by atoms with Gasteiger partial charge in [-0.2, -0.15) is 0 Å². The van der Waals surface area contributed by atoms with E-state index in [9.17, 15) is 9.18 Å². The van der Waals surface area contributed by atoms with E-state index in [1.54, 1.807) is 43.5 Å². The molecule has 0 spiro atoms. The topological polar surface area (TPSA) is 62.4 Å². The van der Waals surface area contributed by atoms with Gasteiger partial charge in [-0.15, -0.1) is 0 Å². The number of carbonyl (C=O) groups excluding carboxylic acids is 1. The zero-order valence-corrected chi connectivity index (χ0v) is 17.4. The summed E-state index contributed by atoms with van der Waals surface area (Å²) in [4.78, 5) is 12.2. The number of halogens is 1. The number of benzene rings is 3. The molecule has 1 atom stereocenters. The minimum absolute atomic E-state index is 0.00314. The standard InChI is InChI=1S/C23H22FN3O2S/c1-15(16-6-5-7-19(14-16)29-2)25-23(30)27-18-12-10-17(11-13-18)26-22(28)20-8-3-4-9-21(20)24/h3-15H,1-2H3,(H,26,28)(H2,25,27,30). The first-order valence-corrected chi connectivity index (χ1v) is 9.74. The predicted octanol–water partition coefficient (Wildman–Crippen LogP) is 5.13. The number of ether oxygens (including phenoxy) is 1. The molecule has 30 heavy (non-hydrogen) atoms. The van der Waals surface area contributed by atoms with Gasteiger partial charge in [0.2, 0.25) is 0 Å². The molecule has 0 fully saturated rings. The summed E-state index contributed by atoms with van der Waals surface area (Å²) in [6.45, 7) is 2.00. The lowest BCUT2D eigenvalue weighted by Gasteiger charge is -2.18. The summed E-state index contributed by atoms with van der Waals surface area (Å²) >= 11 is 5.39. The second kappa shape index (κ2) is 9.84. The lowest BCUT2D eigenvalue weighted by Crippen LogP contribution is -2.30. The Hall–Kier alpha value is -3.45. The minimum atomic E-state index is -0.560. The van der Waals surface area contributed by atoms with Crippen LogP contribution in [0.15, 0.2) is 72.8 Å². The Bertz CT molecular complexity index is 1040. The lowest BCUT2D eigenvalue weighted by molar-refractivity contribution is 0.102. The second-order valence-corrected chi connectivity index (χ2v) is 7.02. The molecule has 3 rings (SSSR count). The molecule has 0 heterocycles. The van der Waals surface area contributed by atoms with E-state index in [0.29, 0.717) is 10.8 Å². The molecule has 3 aromatic rings. The Morgan fingerprint density at radius 2 is 1.63 bits per heavy atom. The predicted molar refractivity (Wildman–Crippen MR) is 122 cm³/mol.